The molecule has 1 atom stereocenters. The van der Waals surface area contributed by atoms with Crippen LogP contribution in [0.25, 0.3) is 0 Å². The Morgan fingerprint density at radius 3 is 2.94 bits per heavy atom. The molecule has 1 aromatic heterocycles. The Morgan fingerprint density at radius 2 is 2.38 bits per heavy atom. The quantitative estimate of drug-likeness (QED) is 0.573. The van der Waals surface area contributed by atoms with E-state index in [0.29, 0.717) is 18.4 Å². The maximum absolute atomic E-state index is 12.2. The molecule has 2 rings (SSSR count). The molecule has 0 bridgehead atoms. The molecule has 4 nitrogen and oxygen atoms in total. The average molecular weight is 220 g/mol. The van der Waals surface area contributed by atoms with Gasteiger partial charge in [-0.2, -0.15) is 5.10 Å². The fraction of sp³-hybridized carbons (Fsp3) is 0.583. The van der Waals surface area contributed by atoms with Crippen LogP contribution >= 0.6 is 0 Å². The van der Waals surface area contributed by atoms with Crippen LogP contribution in [-0.2, 0) is 18.3 Å². The molecule has 0 radical (unpaired) electrons. The first-order valence-corrected chi connectivity index (χ1v) is 5.73. The van der Waals surface area contributed by atoms with Gasteiger partial charge < -0.3 is 0 Å². The minimum Gasteiger partial charge on any atom is -0.299 e. The first kappa shape index (κ1) is 11.0. The summed E-state index contributed by atoms with van der Waals surface area (Å²) in [5.74, 6) is -0.349. The molecule has 4 heteroatoms. The SMILES string of the molecule is CCc1nn(C)cc1C(=O)C1CCCC1=O. The van der Waals surface area contributed by atoms with Crippen LogP contribution in [0.1, 0.15) is 42.2 Å². The molecule has 1 heterocycles. The molecular formula is C12H16N2O2. The van der Waals surface area contributed by atoms with Crippen molar-refractivity contribution in [3.63, 3.8) is 0 Å². The van der Waals surface area contributed by atoms with E-state index in [0.717, 1.165) is 18.5 Å². The summed E-state index contributed by atoms with van der Waals surface area (Å²) in [5, 5.41) is 4.23. The van der Waals surface area contributed by atoms with Crippen molar-refractivity contribution >= 4 is 11.6 Å². The highest BCUT2D eigenvalue weighted by atomic mass is 16.2. The van der Waals surface area contributed by atoms with Crippen molar-refractivity contribution in [2.75, 3.05) is 0 Å². The molecule has 0 amide bonds. The maximum atomic E-state index is 12.2. The van der Waals surface area contributed by atoms with E-state index in [1.165, 1.54) is 0 Å². The Morgan fingerprint density at radius 1 is 1.62 bits per heavy atom. The number of rotatable bonds is 3. The van der Waals surface area contributed by atoms with E-state index >= 15 is 0 Å². The molecule has 0 aliphatic heterocycles. The van der Waals surface area contributed by atoms with Crippen molar-refractivity contribution in [1.29, 1.82) is 0 Å². The van der Waals surface area contributed by atoms with Crippen LogP contribution in [0.5, 0.6) is 0 Å². The summed E-state index contributed by atoms with van der Waals surface area (Å²) >= 11 is 0. The highest BCUT2D eigenvalue weighted by molar-refractivity contribution is 6.11. The summed E-state index contributed by atoms with van der Waals surface area (Å²) < 4.78 is 1.64. The molecule has 1 aromatic rings. The number of Topliss-reactive ketones (excluding diaryl/α,β-unsaturated/α-hetero) is 2. The van der Waals surface area contributed by atoms with Crippen LogP contribution in [-0.4, -0.2) is 21.3 Å². The summed E-state index contributed by atoms with van der Waals surface area (Å²) in [6, 6.07) is 0. The van der Waals surface area contributed by atoms with Crippen LogP contribution in [0.15, 0.2) is 6.20 Å². The lowest BCUT2D eigenvalue weighted by atomic mass is 9.95. The molecule has 1 unspecified atom stereocenters. The Labute approximate surface area is 94.6 Å². The number of nitrogens with zero attached hydrogens (tertiary/aromatic N) is 2. The van der Waals surface area contributed by atoms with Gasteiger partial charge in [0.15, 0.2) is 5.78 Å². The van der Waals surface area contributed by atoms with Crippen molar-refractivity contribution in [2.45, 2.75) is 32.6 Å². The van der Waals surface area contributed by atoms with Gasteiger partial charge >= 0.3 is 0 Å². The van der Waals surface area contributed by atoms with E-state index in [1.807, 2.05) is 6.92 Å². The molecule has 1 fully saturated rings. The van der Waals surface area contributed by atoms with Gasteiger partial charge in [0.1, 0.15) is 5.78 Å². The van der Waals surface area contributed by atoms with Crippen LogP contribution in [0.3, 0.4) is 0 Å². The predicted octanol–water partition coefficient (Wildman–Crippen LogP) is 1.53. The Hall–Kier alpha value is -1.45. The Kier molecular flexibility index (Phi) is 2.90. The van der Waals surface area contributed by atoms with Gasteiger partial charge in [-0.15, -0.1) is 0 Å². The van der Waals surface area contributed by atoms with E-state index in [1.54, 1.807) is 17.9 Å². The molecule has 86 valence electrons. The van der Waals surface area contributed by atoms with E-state index < -0.39 is 5.92 Å². The third-order valence-corrected chi connectivity index (χ3v) is 3.13. The molecule has 0 N–H and O–H groups in total. The van der Waals surface area contributed by atoms with Crippen molar-refractivity contribution in [3.8, 4) is 0 Å². The number of ketones is 2. The third-order valence-electron chi connectivity index (χ3n) is 3.13. The van der Waals surface area contributed by atoms with Gasteiger partial charge in [0, 0.05) is 19.7 Å². The zero-order chi connectivity index (χ0) is 11.7. The van der Waals surface area contributed by atoms with Crippen molar-refractivity contribution < 1.29 is 9.59 Å². The number of aromatic nitrogens is 2. The smallest absolute Gasteiger partial charge is 0.176 e. The van der Waals surface area contributed by atoms with Crippen LogP contribution in [0, 0.1) is 5.92 Å². The summed E-state index contributed by atoms with van der Waals surface area (Å²) in [7, 11) is 1.80. The van der Waals surface area contributed by atoms with Crippen LogP contribution < -0.4 is 0 Å². The lowest BCUT2D eigenvalue weighted by molar-refractivity contribution is -0.119. The molecule has 1 saturated carbocycles. The lowest BCUT2D eigenvalue weighted by Crippen LogP contribution is -2.19. The first-order valence-electron chi connectivity index (χ1n) is 5.73. The predicted molar refractivity (Wildman–Crippen MR) is 59.3 cm³/mol. The summed E-state index contributed by atoms with van der Waals surface area (Å²) in [6.07, 6.45) is 4.56. The summed E-state index contributed by atoms with van der Waals surface area (Å²) in [6.45, 7) is 1.97. The fourth-order valence-electron chi connectivity index (χ4n) is 2.28. The monoisotopic (exact) mass is 220 g/mol. The van der Waals surface area contributed by atoms with Crippen molar-refractivity contribution in [3.05, 3.63) is 17.5 Å². The van der Waals surface area contributed by atoms with Gasteiger partial charge in [0.25, 0.3) is 0 Å². The third kappa shape index (κ3) is 1.79. The summed E-state index contributed by atoms with van der Waals surface area (Å²) in [5.41, 5.74) is 1.43. The molecule has 16 heavy (non-hydrogen) atoms. The second-order valence-electron chi connectivity index (χ2n) is 4.29. The van der Waals surface area contributed by atoms with Gasteiger partial charge in [0.05, 0.1) is 17.2 Å². The average Bonchev–Trinajstić information content (AvgIpc) is 2.83. The number of aryl methyl sites for hydroxylation is 2. The highest BCUT2D eigenvalue weighted by Crippen LogP contribution is 2.26. The second kappa shape index (κ2) is 4.20. The van der Waals surface area contributed by atoms with Crippen LogP contribution in [0.4, 0.5) is 0 Å². The van der Waals surface area contributed by atoms with E-state index in [-0.39, 0.29) is 11.6 Å². The first-order chi connectivity index (χ1) is 7.63. The zero-order valence-corrected chi connectivity index (χ0v) is 9.69. The number of carbonyl (C=O) groups excluding carboxylic acids is 2. The zero-order valence-electron chi connectivity index (χ0n) is 9.69. The Bertz CT molecular complexity index is 434. The fourth-order valence-corrected chi connectivity index (χ4v) is 2.28. The topological polar surface area (TPSA) is 52.0 Å². The molecule has 1 aliphatic rings. The van der Waals surface area contributed by atoms with Crippen molar-refractivity contribution in [1.82, 2.24) is 9.78 Å². The molecule has 0 saturated heterocycles. The normalized spacial score (nSPS) is 20.4. The van der Waals surface area contributed by atoms with E-state index in [4.69, 9.17) is 0 Å². The maximum Gasteiger partial charge on any atom is 0.176 e. The summed E-state index contributed by atoms with van der Waals surface area (Å²) in [4.78, 5) is 23.7. The lowest BCUT2D eigenvalue weighted by Gasteiger charge is -2.05. The van der Waals surface area contributed by atoms with Gasteiger partial charge in [-0.25, -0.2) is 0 Å². The van der Waals surface area contributed by atoms with Crippen molar-refractivity contribution in [2.24, 2.45) is 13.0 Å². The number of carbonyl (C=O) groups is 2. The molecule has 0 spiro atoms. The second-order valence-corrected chi connectivity index (χ2v) is 4.29. The number of hydrogen-bond donors (Lipinski definition) is 0. The largest absolute Gasteiger partial charge is 0.299 e. The van der Waals surface area contributed by atoms with Crippen LogP contribution in [0.2, 0.25) is 0 Å². The van der Waals surface area contributed by atoms with Gasteiger partial charge in [-0.1, -0.05) is 6.92 Å². The Balaban J connectivity index is 2.29. The minimum atomic E-state index is -0.408. The number of hydrogen-bond acceptors (Lipinski definition) is 3. The van der Waals surface area contributed by atoms with Gasteiger partial charge in [0.2, 0.25) is 0 Å². The molecular weight excluding hydrogens is 204 g/mol. The minimum absolute atomic E-state index is 0.0348. The van der Waals surface area contributed by atoms with Gasteiger partial charge in [-0.3, -0.25) is 14.3 Å². The van der Waals surface area contributed by atoms with E-state index in [9.17, 15) is 9.59 Å². The standard InChI is InChI=1S/C12H16N2O2/c1-3-10-9(7-14(2)13-10)12(16)8-5-4-6-11(8)15/h7-8H,3-6H2,1-2H3. The molecule has 0 aromatic carbocycles. The molecule has 1 aliphatic carbocycles. The van der Waals surface area contributed by atoms with E-state index in [2.05, 4.69) is 5.10 Å². The van der Waals surface area contributed by atoms with Gasteiger partial charge in [-0.05, 0) is 19.3 Å². The highest BCUT2D eigenvalue weighted by Gasteiger charge is 2.33.